The average Bonchev–Trinajstić information content (AvgIpc) is 3.19. The first-order valence-corrected chi connectivity index (χ1v) is 8.62. The van der Waals surface area contributed by atoms with Crippen molar-refractivity contribution in [3.05, 3.63) is 11.4 Å². The van der Waals surface area contributed by atoms with E-state index in [1.807, 2.05) is 18.9 Å². The van der Waals surface area contributed by atoms with Gasteiger partial charge in [-0.1, -0.05) is 0 Å². The number of anilines is 2. The topological polar surface area (TPSA) is 101 Å². The molecule has 0 spiro atoms. The summed E-state index contributed by atoms with van der Waals surface area (Å²) in [5.74, 6) is 8.12. The second-order valence-corrected chi connectivity index (χ2v) is 7.61. The number of nitrogens with one attached hydrogen (secondary N) is 1. The first-order chi connectivity index (χ1) is 9.31. The largest absolute Gasteiger partial charge is 0.358 e. The summed E-state index contributed by atoms with van der Waals surface area (Å²) in [6, 6.07) is 0. The Bertz CT molecular complexity index is 598. The van der Waals surface area contributed by atoms with Crippen molar-refractivity contribution < 1.29 is 8.42 Å². The number of nitrogens with zero attached hydrogens (tertiary/aromatic N) is 3. The van der Waals surface area contributed by atoms with Crippen molar-refractivity contribution in [2.24, 2.45) is 5.84 Å². The van der Waals surface area contributed by atoms with Crippen LogP contribution in [0.3, 0.4) is 0 Å². The van der Waals surface area contributed by atoms with E-state index >= 15 is 0 Å². The van der Waals surface area contributed by atoms with E-state index in [-0.39, 0.29) is 5.75 Å². The zero-order valence-corrected chi connectivity index (χ0v) is 12.9. The quantitative estimate of drug-likeness (QED) is 0.580. The minimum absolute atomic E-state index is 0.0943. The molecule has 2 rings (SSSR count). The van der Waals surface area contributed by atoms with Crippen LogP contribution in [0.5, 0.6) is 0 Å². The van der Waals surface area contributed by atoms with E-state index in [4.69, 9.17) is 5.84 Å². The zero-order chi connectivity index (χ0) is 14.9. The summed E-state index contributed by atoms with van der Waals surface area (Å²) >= 11 is 0. The van der Waals surface area contributed by atoms with Gasteiger partial charge in [-0.3, -0.25) is 0 Å². The molecule has 8 heteroatoms. The minimum atomic E-state index is -3.00. The van der Waals surface area contributed by atoms with Gasteiger partial charge in [0.05, 0.1) is 5.75 Å². The Kier molecular flexibility index (Phi) is 4.14. The van der Waals surface area contributed by atoms with Crippen molar-refractivity contribution in [1.82, 2.24) is 9.97 Å². The number of hydrogen-bond donors (Lipinski definition) is 2. The van der Waals surface area contributed by atoms with Crippen molar-refractivity contribution >= 4 is 21.5 Å². The van der Waals surface area contributed by atoms with Crippen molar-refractivity contribution in [3.63, 3.8) is 0 Å². The molecular weight excluding hydrogens is 278 g/mol. The maximum atomic E-state index is 11.3. The molecule has 1 aromatic rings. The van der Waals surface area contributed by atoms with Crippen molar-refractivity contribution in [1.29, 1.82) is 0 Å². The van der Waals surface area contributed by atoms with Gasteiger partial charge >= 0.3 is 0 Å². The van der Waals surface area contributed by atoms with Crippen molar-refractivity contribution in [2.45, 2.75) is 25.7 Å². The van der Waals surface area contributed by atoms with E-state index in [9.17, 15) is 8.42 Å². The summed E-state index contributed by atoms with van der Waals surface area (Å²) < 4.78 is 22.5. The van der Waals surface area contributed by atoms with Crippen LogP contribution in [0.1, 0.15) is 30.1 Å². The van der Waals surface area contributed by atoms with E-state index in [1.165, 1.54) is 6.26 Å². The molecule has 1 aromatic heterocycles. The third-order valence-corrected chi connectivity index (χ3v) is 4.30. The van der Waals surface area contributed by atoms with Crippen LogP contribution in [0.15, 0.2) is 0 Å². The minimum Gasteiger partial charge on any atom is -0.358 e. The van der Waals surface area contributed by atoms with E-state index in [0.717, 1.165) is 30.0 Å². The van der Waals surface area contributed by atoms with Crippen LogP contribution in [0, 0.1) is 6.92 Å². The predicted molar refractivity (Wildman–Crippen MR) is 79.5 cm³/mol. The molecule has 1 aliphatic carbocycles. The van der Waals surface area contributed by atoms with Gasteiger partial charge in [0.2, 0.25) is 0 Å². The molecule has 0 saturated heterocycles. The van der Waals surface area contributed by atoms with Crippen molar-refractivity contribution in [3.8, 4) is 0 Å². The van der Waals surface area contributed by atoms with Gasteiger partial charge in [0.1, 0.15) is 27.3 Å². The third-order valence-electron chi connectivity index (χ3n) is 3.38. The van der Waals surface area contributed by atoms with Crippen LogP contribution in [0.2, 0.25) is 0 Å². The zero-order valence-electron chi connectivity index (χ0n) is 12.0. The molecule has 0 aromatic carbocycles. The fourth-order valence-corrected chi connectivity index (χ4v) is 2.57. The molecule has 20 heavy (non-hydrogen) atoms. The predicted octanol–water partition coefficient (Wildman–Crippen LogP) is 0.429. The highest BCUT2D eigenvalue weighted by Gasteiger charge is 2.28. The van der Waals surface area contributed by atoms with Crippen LogP contribution in [-0.2, 0) is 9.84 Å². The van der Waals surface area contributed by atoms with Crippen LogP contribution in [0.4, 0.5) is 11.6 Å². The fourth-order valence-electron chi connectivity index (χ4n) is 1.97. The van der Waals surface area contributed by atoms with Gasteiger partial charge < -0.3 is 10.3 Å². The normalized spacial score (nSPS) is 15.2. The number of hydrazine groups is 1. The molecule has 1 saturated carbocycles. The Hall–Kier alpha value is -1.41. The van der Waals surface area contributed by atoms with Gasteiger partial charge in [-0.05, 0) is 19.8 Å². The summed E-state index contributed by atoms with van der Waals surface area (Å²) in [6.07, 6.45) is 3.43. The number of rotatable bonds is 6. The lowest BCUT2D eigenvalue weighted by atomic mass is 10.2. The van der Waals surface area contributed by atoms with E-state index in [0.29, 0.717) is 18.3 Å². The van der Waals surface area contributed by atoms with Gasteiger partial charge in [-0.2, -0.15) is 0 Å². The molecule has 0 amide bonds. The molecule has 1 heterocycles. The van der Waals surface area contributed by atoms with Gasteiger partial charge in [0.15, 0.2) is 0 Å². The second kappa shape index (κ2) is 5.53. The molecule has 1 fully saturated rings. The lowest BCUT2D eigenvalue weighted by molar-refractivity contribution is 0.601. The molecule has 112 valence electrons. The lowest BCUT2D eigenvalue weighted by Gasteiger charge is -2.21. The fraction of sp³-hybridized carbons (Fsp3) is 0.667. The Morgan fingerprint density at radius 3 is 2.55 bits per heavy atom. The molecule has 0 atom stereocenters. The molecule has 0 unspecified atom stereocenters. The van der Waals surface area contributed by atoms with Crippen LogP contribution < -0.4 is 16.2 Å². The molecular formula is C12H21N5O2S. The van der Waals surface area contributed by atoms with Crippen LogP contribution in [-0.4, -0.2) is 44.0 Å². The third kappa shape index (κ3) is 3.57. The van der Waals surface area contributed by atoms with E-state index in [1.54, 1.807) is 0 Å². The summed E-state index contributed by atoms with van der Waals surface area (Å²) in [4.78, 5) is 10.8. The Balaban J connectivity index is 2.26. The number of sulfone groups is 1. The molecule has 1 aliphatic rings. The Morgan fingerprint density at radius 2 is 2.05 bits per heavy atom. The number of hydrogen-bond acceptors (Lipinski definition) is 7. The first-order valence-electron chi connectivity index (χ1n) is 6.56. The smallest absolute Gasteiger partial charge is 0.149 e. The summed E-state index contributed by atoms with van der Waals surface area (Å²) in [5, 5.41) is 0. The average molecular weight is 299 g/mol. The van der Waals surface area contributed by atoms with E-state index < -0.39 is 9.84 Å². The maximum absolute atomic E-state index is 11.3. The number of aromatic nitrogens is 2. The summed E-state index contributed by atoms with van der Waals surface area (Å²) in [7, 11) is -1.16. The van der Waals surface area contributed by atoms with Crippen LogP contribution >= 0.6 is 0 Å². The Morgan fingerprint density at radius 1 is 1.40 bits per heavy atom. The number of nitrogens with two attached hydrogens (primary N) is 1. The highest BCUT2D eigenvalue weighted by molar-refractivity contribution is 7.90. The highest BCUT2D eigenvalue weighted by atomic mass is 32.2. The van der Waals surface area contributed by atoms with E-state index in [2.05, 4.69) is 15.4 Å². The van der Waals surface area contributed by atoms with Gasteiger partial charge in [-0.25, -0.2) is 24.2 Å². The monoisotopic (exact) mass is 299 g/mol. The van der Waals surface area contributed by atoms with Crippen LogP contribution in [0.25, 0.3) is 0 Å². The second-order valence-electron chi connectivity index (χ2n) is 5.35. The van der Waals surface area contributed by atoms with Gasteiger partial charge in [0, 0.05) is 31.3 Å². The molecule has 0 aliphatic heterocycles. The number of nitrogen functional groups attached to an aromatic ring is 1. The standard InChI is InChI=1S/C12H21N5O2S/c1-8-10(16-13)14-11(9-4-5-9)15-12(8)17(2)6-7-20(3,18)19/h9H,4-7,13H2,1-3H3,(H,14,15,16). The SMILES string of the molecule is Cc1c(NN)nc(C2CC2)nc1N(C)CCS(C)(=O)=O. The molecule has 7 nitrogen and oxygen atoms in total. The molecule has 0 bridgehead atoms. The summed E-state index contributed by atoms with van der Waals surface area (Å²) in [5.41, 5.74) is 3.42. The molecule has 3 N–H and O–H groups in total. The highest BCUT2D eigenvalue weighted by Crippen LogP contribution is 2.39. The van der Waals surface area contributed by atoms with Gasteiger partial charge in [0.25, 0.3) is 0 Å². The lowest BCUT2D eigenvalue weighted by Crippen LogP contribution is -2.27. The molecule has 0 radical (unpaired) electrons. The maximum Gasteiger partial charge on any atom is 0.149 e. The first kappa shape index (κ1) is 15.0. The summed E-state index contributed by atoms with van der Waals surface area (Å²) in [6.45, 7) is 2.27. The van der Waals surface area contributed by atoms with Crippen molar-refractivity contribution in [2.75, 3.05) is 35.9 Å². The Labute approximate surface area is 119 Å². The van der Waals surface area contributed by atoms with Gasteiger partial charge in [-0.15, -0.1) is 0 Å².